The molecule has 0 saturated heterocycles. The highest BCUT2D eigenvalue weighted by Crippen LogP contribution is 2.33. The number of hydrogen-bond donors (Lipinski definition) is 1. The van der Waals surface area contributed by atoms with Crippen molar-refractivity contribution in [1.82, 2.24) is 4.98 Å². The third-order valence-corrected chi connectivity index (χ3v) is 3.38. The summed E-state index contributed by atoms with van der Waals surface area (Å²) in [4.78, 5) is 17.8. The van der Waals surface area contributed by atoms with E-state index in [4.69, 9.17) is 0 Å². The normalized spacial score (nSPS) is 14.3. The van der Waals surface area contributed by atoms with E-state index in [2.05, 4.69) is 4.98 Å². The van der Waals surface area contributed by atoms with Gasteiger partial charge in [-0.2, -0.15) is 0 Å². The molecule has 0 saturated carbocycles. The fourth-order valence-corrected chi connectivity index (χ4v) is 2.39. The van der Waals surface area contributed by atoms with E-state index in [1.54, 1.807) is 11.1 Å². The first-order chi connectivity index (χ1) is 9.25. The molecule has 1 amide bonds. The third kappa shape index (κ3) is 2.17. The number of pyridine rings is 1. The van der Waals surface area contributed by atoms with Crippen molar-refractivity contribution in [3.8, 4) is 5.75 Å². The van der Waals surface area contributed by atoms with Gasteiger partial charge in [-0.05, 0) is 12.0 Å². The van der Waals surface area contributed by atoms with E-state index < -0.39 is 0 Å². The first kappa shape index (κ1) is 11.7. The monoisotopic (exact) mass is 254 g/mol. The summed E-state index contributed by atoms with van der Waals surface area (Å²) in [7, 11) is 0. The maximum absolute atomic E-state index is 12.1. The van der Waals surface area contributed by atoms with Gasteiger partial charge in [0, 0.05) is 12.0 Å². The van der Waals surface area contributed by atoms with Gasteiger partial charge in [-0.25, -0.2) is 0 Å². The Bertz CT molecular complexity index is 611. The van der Waals surface area contributed by atoms with Gasteiger partial charge in [0.2, 0.25) is 5.91 Å². The lowest BCUT2D eigenvalue weighted by Crippen LogP contribution is -2.34. The van der Waals surface area contributed by atoms with Crippen LogP contribution >= 0.6 is 0 Å². The predicted octanol–water partition coefficient (Wildman–Crippen LogP) is 2.27. The molecular weight excluding hydrogens is 240 g/mol. The number of carbonyl (C=O) groups is 1. The summed E-state index contributed by atoms with van der Waals surface area (Å²) in [5, 5.41) is 9.83. The van der Waals surface area contributed by atoms with Crippen molar-refractivity contribution < 1.29 is 9.90 Å². The minimum Gasteiger partial charge on any atom is -0.506 e. The number of aromatic hydroxyl groups is 1. The highest BCUT2D eigenvalue weighted by molar-refractivity contribution is 5.96. The van der Waals surface area contributed by atoms with Crippen LogP contribution in [-0.4, -0.2) is 16.0 Å². The van der Waals surface area contributed by atoms with Gasteiger partial charge in [-0.15, -0.1) is 0 Å². The zero-order valence-electron chi connectivity index (χ0n) is 10.4. The van der Waals surface area contributed by atoms with Crippen molar-refractivity contribution in [2.75, 3.05) is 4.90 Å². The Morgan fingerprint density at radius 1 is 1.16 bits per heavy atom. The van der Waals surface area contributed by atoms with E-state index in [1.807, 2.05) is 30.3 Å². The van der Waals surface area contributed by atoms with Crippen molar-refractivity contribution in [3.05, 3.63) is 53.9 Å². The standard InChI is InChI=1S/C15H14N2O2/c18-14-9-16-8-13-12(14)6-7-15(19)17(13)10-11-4-2-1-3-5-11/h1-5,8-9,18H,6-7,10H2. The van der Waals surface area contributed by atoms with E-state index in [-0.39, 0.29) is 11.7 Å². The Morgan fingerprint density at radius 2 is 1.95 bits per heavy atom. The predicted molar refractivity (Wildman–Crippen MR) is 71.9 cm³/mol. The Hall–Kier alpha value is -2.36. The highest BCUT2D eigenvalue weighted by atomic mass is 16.3. The number of rotatable bonds is 2. The van der Waals surface area contributed by atoms with Crippen LogP contribution in [0.3, 0.4) is 0 Å². The van der Waals surface area contributed by atoms with Gasteiger partial charge in [-0.3, -0.25) is 9.78 Å². The van der Waals surface area contributed by atoms with E-state index in [1.165, 1.54) is 6.20 Å². The molecule has 2 heterocycles. The summed E-state index contributed by atoms with van der Waals surface area (Å²) in [5.41, 5.74) is 2.60. The average molecular weight is 254 g/mol. The second-order valence-electron chi connectivity index (χ2n) is 4.62. The van der Waals surface area contributed by atoms with Crippen LogP contribution in [0.4, 0.5) is 5.69 Å². The van der Waals surface area contributed by atoms with Crippen molar-refractivity contribution in [2.45, 2.75) is 19.4 Å². The summed E-state index contributed by atoms with van der Waals surface area (Å²) in [6.07, 6.45) is 4.08. The van der Waals surface area contributed by atoms with E-state index in [0.29, 0.717) is 19.4 Å². The van der Waals surface area contributed by atoms with Crippen molar-refractivity contribution in [2.24, 2.45) is 0 Å². The smallest absolute Gasteiger partial charge is 0.227 e. The molecule has 0 unspecified atom stereocenters. The van der Waals surface area contributed by atoms with Crippen molar-refractivity contribution in [3.63, 3.8) is 0 Å². The molecule has 1 aliphatic rings. The fourth-order valence-electron chi connectivity index (χ4n) is 2.39. The lowest BCUT2D eigenvalue weighted by Gasteiger charge is -2.29. The van der Waals surface area contributed by atoms with Crippen LogP contribution in [-0.2, 0) is 17.8 Å². The maximum Gasteiger partial charge on any atom is 0.227 e. The van der Waals surface area contributed by atoms with E-state index >= 15 is 0 Å². The van der Waals surface area contributed by atoms with Gasteiger partial charge in [0.1, 0.15) is 5.75 Å². The maximum atomic E-state index is 12.1. The highest BCUT2D eigenvalue weighted by Gasteiger charge is 2.26. The van der Waals surface area contributed by atoms with E-state index in [0.717, 1.165) is 16.8 Å². The molecule has 0 bridgehead atoms. The number of aromatic nitrogens is 1. The molecule has 0 radical (unpaired) electrons. The topological polar surface area (TPSA) is 53.4 Å². The van der Waals surface area contributed by atoms with Gasteiger partial charge in [0.25, 0.3) is 0 Å². The average Bonchev–Trinajstić information content (AvgIpc) is 2.43. The number of fused-ring (bicyclic) bond motifs is 1. The zero-order valence-corrected chi connectivity index (χ0v) is 10.4. The zero-order chi connectivity index (χ0) is 13.2. The van der Waals surface area contributed by atoms with Crippen LogP contribution in [0.15, 0.2) is 42.7 Å². The Balaban J connectivity index is 1.98. The van der Waals surface area contributed by atoms with Crippen LogP contribution in [0.2, 0.25) is 0 Å². The molecule has 4 nitrogen and oxygen atoms in total. The van der Waals surface area contributed by atoms with E-state index in [9.17, 15) is 9.90 Å². The molecule has 4 heteroatoms. The first-order valence-corrected chi connectivity index (χ1v) is 6.26. The summed E-state index contributed by atoms with van der Waals surface area (Å²) in [6.45, 7) is 0.512. The SMILES string of the molecule is O=C1CCc2c(O)cncc2N1Cc1ccccc1. The Kier molecular flexibility index (Phi) is 2.91. The van der Waals surface area contributed by atoms with Gasteiger partial charge < -0.3 is 10.0 Å². The molecule has 1 aromatic carbocycles. The van der Waals surface area contributed by atoms with Crippen molar-refractivity contribution >= 4 is 11.6 Å². The molecule has 0 fully saturated rings. The molecule has 1 aromatic heterocycles. The molecule has 19 heavy (non-hydrogen) atoms. The van der Waals surface area contributed by atoms with Crippen molar-refractivity contribution in [1.29, 1.82) is 0 Å². The molecule has 0 spiro atoms. The molecule has 2 aromatic rings. The quantitative estimate of drug-likeness (QED) is 0.894. The van der Waals surface area contributed by atoms with Crippen LogP contribution in [0.25, 0.3) is 0 Å². The van der Waals surface area contributed by atoms with Gasteiger partial charge in [-0.1, -0.05) is 30.3 Å². The molecule has 0 atom stereocenters. The molecule has 96 valence electrons. The van der Waals surface area contributed by atoms with Crippen LogP contribution < -0.4 is 4.90 Å². The number of carbonyl (C=O) groups excluding carboxylic acids is 1. The van der Waals surface area contributed by atoms with Gasteiger partial charge in [0.15, 0.2) is 0 Å². The summed E-state index contributed by atoms with van der Waals surface area (Å²) >= 11 is 0. The Labute approximate surface area is 111 Å². The number of benzene rings is 1. The summed E-state index contributed by atoms with van der Waals surface area (Å²) in [6, 6.07) is 9.81. The molecule has 1 N–H and O–H groups in total. The fraction of sp³-hybridized carbons (Fsp3) is 0.200. The third-order valence-electron chi connectivity index (χ3n) is 3.38. The number of anilines is 1. The lowest BCUT2D eigenvalue weighted by molar-refractivity contribution is -0.119. The molecule has 1 aliphatic heterocycles. The van der Waals surface area contributed by atoms with Gasteiger partial charge in [0.05, 0.1) is 24.6 Å². The second-order valence-corrected chi connectivity index (χ2v) is 4.62. The Morgan fingerprint density at radius 3 is 2.74 bits per heavy atom. The summed E-state index contributed by atoms with van der Waals surface area (Å²) < 4.78 is 0. The number of amides is 1. The van der Waals surface area contributed by atoms with Crippen LogP contribution in [0.5, 0.6) is 5.75 Å². The first-order valence-electron chi connectivity index (χ1n) is 6.26. The minimum absolute atomic E-state index is 0.0729. The minimum atomic E-state index is 0.0729. The van der Waals surface area contributed by atoms with Crippen LogP contribution in [0, 0.1) is 0 Å². The number of hydrogen-bond acceptors (Lipinski definition) is 3. The van der Waals surface area contributed by atoms with Crippen LogP contribution in [0.1, 0.15) is 17.5 Å². The lowest BCUT2D eigenvalue weighted by atomic mass is 10.0. The molecule has 3 rings (SSSR count). The molecule has 0 aliphatic carbocycles. The van der Waals surface area contributed by atoms with Gasteiger partial charge >= 0.3 is 0 Å². The number of nitrogens with zero attached hydrogens (tertiary/aromatic N) is 2. The summed E-state index contributed by atoms with van der Waals surface area (Å²) in [5.74, 6) is 0.242. The second kappa shape index (κ2) is 4.72. The largest absolute Gasteiger partial charge is 0.506 e. The molecular formula is C15H14N2O2.